The molecule has 2 heteroatoms. The van der Waals surface area contributed by atoms with Crippen molar-refractivity contribution >= 4 is 11.7 Å². The first kappa shape index (κ1) is 15.2. The van der Waals surface area contributed by atoms with Gasteiger partial charge in [-0.2, -0.15) is 0 Å². The van der Waals surface area contributed by atoms with Crippen LogP contribution in [0.25, 0.3) is 5.76 Å². The lowest BCUT2D eigenvalue weighted by molar-refractivity contribution is 0.363. The second kappa shape index (κ2) is 7.04. The molecule has 1 unspecified atom stereocenters. The highest BCUT2D eigenvalue weighted by molar-refractivity contribution is 5.87. The van der Waals surface area contributed by atoms with E-state index in [-0.39, 0.29) is 6.04 Å². The minimum Gasteiger partial charge on any atom is -0.443 e. The lowest BCUT2D eigenvalue weighted by Gasteiger charge is -2.28. The Balaban J connectivity index is 1.69. The summed E-state index contributed by atoms with van der Waals surface area (Å²) in [5.41, 5.74) is 2.35. The molecule has 4 rings (SSSR count). The van der Waals surface area contributed by atoms with Crippen molar-refractivity contribution in [2.75, 3.05) is 0 Å². The molecule has 0 aromatic heterocycles. The van der Waals surface area contributed by atoms with Crippen LogP contribution in [0.5, 0.6) is 0 Å². The first-order chi connectivity index (χ1) is 11.9. The molecule has 0 N–H and O–H groups in total. The summed E-state index contributed by atoms with van der Waals surface area (Å²) in [5, 5.41) is 0. The normalized spacial score (nSPS) is 21.6. The third-order valence-corrected chi connectivity index (χ3v) is 4.94. The van der Waals surface area contributed by atoms with Gasteiger partial charge in [0.05, 0.1) is 0 Å². The second-order valence-corrected chi connectivity index (χ2v) is 6.66. The molecule has 0 spiro atoms. The lowest BCUT2D eigenvalue weighted by Crippen LogP contribution is -2.23. The molecule has 0 bridgehead atoms. The van der Waals surface area contributed by atoms with E-state index in [1.54, 1.807) is 0 Å². The fraction of sp³-hybridized carbons (Fsp3) is 0.318. The van der Waals surface area contributed by atoms with Crippen LogP contribution in [0, 0.1) is 5.92 Å². The first-order valence-corrected chi connectivity index (χ1v) is 8.98. The van der Waals surface area contributed by atoms with E-state index in [1.807, 2.05) is 6.07 Å². The molecule has 0 saturated heterocycles. The van der Waals surface area contributed by atoms with E-state index in [9.17, 15) is 0 Å². The van der Waals surface area contributed by atoms with Crippen LogP contribution in [-0.4, -0.2) is 5.90 Å². The molecule has 2 aromatic rings. The maximum atomic E-state index is 6.27. The van der Waals surface area contributed by atoms with Gasteiger partial charge in [-0.05, 0) is 24.5 Å². The zero-order chi connectivity index (χ0) is 16.2. The monoisotopic (exact) mass is 317 g/mol. The molecular weight excluding hydrogens is 294 g/mol. The molecule has 122 valence electrons. The molecule has 24 heavy (non-hydrogen) atoms. The summed E-state index contributed by atoms with van der Waals surface area (Å²) in [6, 6.07) is 20.9. The van der Waals surface area contributed by atoms with Gasteiger partial charge in [0.1, 0.15) is 11.8 Å². The Bertz CT molecular complexity index is 727. The van der Waals surface area contributed by atoms with Crippen molar-refractivity contribution in [1.82, 2.24) is 0 Å². The summed E-state index contributed by atoms with van der Waals surface area (Å²) in [5.74, 6) is 2.35. The topological polar surface area (TPSA) is 21.6 Å². The number of ether oxygens (including phenoxy) is 1. The Hall–Kier alpha value is -2.35. The molecule has 1 atom stereocenters. The van der Waals surface area contributed by atoms with Crippen LogP contribution in [0.3, 0.4) is 0 Å². The quantitative estimate of drug-likeness (QED) is 0.703. The number of hydrogen-bond acceptors (Lipinski definition) is 2. The van der Waals surface area contributed by atoms with Gasteiger partial charge < -0.3 is 4.74 Å². The zero-order valence-corrected chi connectivity index (χ0v) is 13.9. The fourth-order valence-electron chi connectivity index (χ4n) is 3.61. The van der Waals surface area contributed by atoms with E-state index in [0.717, 1.165) is 17.2 Å². The Morgan fingerprint density at radius 1 is 0.792 bits per heavy atom. The van der Waals surface area contributed by atoms with Crippen LogP contribution in [0.2, 0.25) is 0 Å². The third kappa shape index (κ3) is 3.28. The molecule has 0 amide bonds. The average Bonchev–Trinajstić information content (AvgIpc) is 2.70. The van der Waals surface area contributed by atoms with Crippen molar-refractivity contribution in [2.45, 2.75) is 38.1 Å². The second-order valence-electron chi connectivity index (χ2n) is 6.66. The molecule has 1 saturated carbocycles. The van der Waals surface area contributed by atoms with Crippen LogP contribution >= 0.6 is 0 Å². The number of aliphatic imine (C=N–C) groups is 1. The molecule has 1 aliphatic heterocycles. The highest BCUT2D eigenvalue weighted by Gasteiger charge is 2.27. The van der Waals surface area contributed by atoms with Crippen molar-refractivity contribution in [2.24, 2.45) is 10.9 Å². The standard InChI is InChI=1S/C22H23NO/c1-4-10-17(11-5-1)20-16-21(18-12-6-2-7-13-18)24-22(23-20)19-14-8-3-9-15-19/h1-2,4-7,10-13,16,19-20H,3,8-9,14-15H2. The molecule has 0 radical (unpaired) electrons. The van der Waals surface area contributed by atoms with Gasteiger partial charge in [-0.15, -0.1) is 0 Å². The summed E-state index contributed by atoms with van der Waals surface area (Å²) in [7, 11) is 0. The van der Waals surface area contributed by atoms with E-state index in [4.69, 9.17) is 9.73 Å². The zero-order valence-electron chi connectivity index (χ0n) is 13.9. The van der Waals surface area contributed by atoms with Crippen LogP contribution in [0.15, 0.2) is 71.7 Å². The number of nitrogens with zero attached hydrogens (tertiary/aromatic N) is 1. The van der Waals surface area contributed by atoms with Crippen LogP contribution in [-0.2, 0) is 4.74 Å². The smallest absolute Gasteiger partial charge is 0.194 e. The Kier molecular flexibility index (Phi) is 4.46. The molecular formula is C22H23NO. The third-order valence-electron chi connectivity index (χ3n) is 4.94. The summed E-state index contributed by atoms with van der Waals surface area (Å²) in [6.07, 6.45) is 8.45. The molecule has 2 aromatic carbocycles. The summed E-state index contributed by atoms with van der Waals surface area (Å²) < 4.78 is 6.27. The predicted octanol–water partition coefficient (Wildman–Crippen LogP) is 5.78. The SMILES string of the molecule is C1=C(c2ccccc2)OC(C2CCCCC2)=NC1c1ccccc1. The Morgan fingerprint density at radius 3 is 2.17 bits per heavy atom. The van der Waals surface area contributed by atoms with Gasteiger partial charge in [0.2, 0.25) is 0 Å². The van der Waals surface area contributed by atoms with Crippen LogP contribution < -0.4 is 0 Å². The van der Waals surface area contributed by atoms with Gasteiger partial charge in [0.15, 0.2) is 5.90 Å². The summed E-state index contributed by atoms with van der Waals surface area (Å²) in [4.78, 5) is 4.97. The number of benzene rings is 2. The van der Waals surface area contributed by atoms with Gasteiger partial charge in [-0.3, -0.25) is 0 Å². The van der Waals surface area contributed by atoms with Crippen molar-refractivity contribution in [1.29, 1.82) is 0 Å². The molecule has 1 fully saturated rings. The maximum Gasteiger partial charge on any atom is 0.194 e. The van der Waals surface area contributed by atoms with Crippen molar-refractivity contribution in [3.8, 4) is 0 Å². The minimum atomic E-state index is 0.0482. The van der Waals surface area contributed by atoms with Gasteiger partial charge in [0.25, 0.3) is 0 Å². The predicted molar refractivity (Wildman–Crippen MR) is 98.7 cm³/mol. The highest BCUT2D eigenvalue weighted by atomic mass is 16.5. The van der Waals surface area contributed by atoms with E-state index in [0.29, 0.717) is 5.92 Å². The van der Waals surface area contributed by atoms with Crippen molar-refractivity contribution in [3.63, 3.8) is 0 Å². The van der Waals surface area contributed by atoms with Crippen LogP contribution in [0.4, 0.5) is 0 Å². The average molecular weight is 317 g/mol. The van der Waals surface area contributed by atoms with E-state index in [1.165, 1.54) is 37.7 Å². The molecule has 1 aliphatic carbocycles. The Morgan fingerprint density at radius 2 is 1.46 bits per heavy atom. The van der Waals surface area contributed by atoms with Crippen LogP contribution in [0.1, 0.15) is 49.3 Å². The highest BCUT2D eigenvalue weighted by Crippen LogP contribution is 2.35. The molecule has 1 heterocycles. The maximum absolute atomic E-state index is 6.27. The van der Waals surface area contributed by atoms with Gasteiger partial charge >= 0.3 is 0 Å². The van der Waals surface area contributed by atoms with E-state index in [2.05, 4.69) is 60.7 Å². The molecule has 2 nitrogen and oxygen atoms in total. The number of rotatable bonds is 3. The van der Waals surface area contributed by atoms with Crippen molar-refractivity contribution < 1.29 is 4.74 Å². The summed E-state index contributed by atoms with van der Waals surface area (Å²) >= 11 is 0. The number of hydrogen-bond donors (Lipinski definition) is 0. The largest absolute Gasteiger partial charge is 0.443 e. The van der Waals surface area contributed by atoms with Gasteiger partial charge in [0, 0.05) is 11.5 Å². The molecule has 2 aliphatic rings. The van der Waals surface area contributed by atoms with Gasteiger partial charge in [-0.25, -0.2) is 4.99 Å². The van der Waals surface area contributed by atoms with Gasteiger partial charge in [-0.1, -0.05) is 79.9 Å². The van der Waals surface area contributed by atoms with E-state index < -0.39 is 0 Å². The minimum absolute atomic E-state index is 0.0482. The summed E-state index contributed by atoms with van der Waals surface area (Å²) in [6.45, 7) is 0. The first-order valence-electron chi connectivity index (χ1n) is 8.98. The van der Waals surface area contributed by atoms with E-state index >= 15 is 0 Å². The Labute approximate surface area is 143 Å². The lowest BCUT2D eigenvalue weighted by atomic mass is 9.88. The van der Waals surface area contributed by atoms with Crippen molar-refractivity contribution in [3.05, 3.63) is 77.9 Å². The fourth-order valence-corrected chi connectivity index (χ4v) is 3.61.